The first-order chi connectivity index (χ1) is 13.4. The van der Waals surface area contributed by atoms with Crippen molar-refractivity contribution in [2.75, 3.05) is 13.1 Å². The third-order valence-electron chi connectivity index (χ3n) is 5.62. The van der Waals surface area contributed by atoms with Crippen LogP contribution in [-0.4, -0.2) is 35.1 Å². The van der Waals surface area contributed by atoms with E-state index in [2.05, 4.69) is 30.3 Å². The number of piperidine rings is 1. The summed E-state index contributed by atoms with van der Waals surface area (Å²) in [5.41, 5.74) is 1.65. The van der Waals surface area contributed by atoms with Crippen molar-refractivity contribution in [1.82, 2.24) is 4.90 Å². The van der Waals surface area contributed by atoms with Gasteiger partial charge in [0.25, 0.3) is 5.91 Å². The standard InChI is InChI=1S/C23H23NO4/c1-14-11-21(26)28-15(2)22(14)23(27)24-10-9-19(20(25)13-24)18-8-7-16-5-3-4-6-17(16)12-18/h3-8,11-12,19-20,25H,9-10,13H2,1-2H3/t19-,20+/m1/s1. The first-order valence-electron chi connectivity index (χ1n) is 9.51. The van der Waals surface area contributed by atoms with E-state index >= 15 is 0 Å². The fourth-order valence-electron chi connectivity index (χ4n) is 4.18. The number of aliphatic hydroxyl groups is 1. The molecule has 5 heteroatoms. The number of carbonyl (C=O) groups excluding carboxylic acids is 1. The Morgan fingerprint density at radius 2 is 1.86 bits per heavy atom. The van der Waals surface area contributed by atoms with Crippen molar-refractivity contribution in [2.24, 2.45) is 0 Å². The molecule has 144 valence electrons. The summed E-state index contributed by atoms with van der Waals surface area (Å²) in [6.45, 7) is 4.16. The predicted molar refractivity (Wildman–Crippen MR) is 108 cm³/mol. The number of carbonyl (C=O) groups is 1. The third-order valence-corrected chi connectivity index (χ3v) is 5.62. The molecule has 1 fully saturated rings. The molecule has 1 aromatic heterocycles. The van der Waals surface area contributed by atoms with Gasteiger partial charge in [0.1, 0.15) is 5.76 Å². The SMILES string of the molecule is Cc1cc(=O)oc(C)c1C(=O)N1CC[C@H](c2ccc3ccccc3c2)[C@@H](O)C1. The zero-order chi connectivity index (χ0) is 19.8. The molecule has 1 aliphatic heterocycles. The van der Waals surface area contributed by atoms with Gasteiger partial charge in [-0.15, -0.1) is 0 Å². The Morgan fingerprint density at radius 3 is 2.57 bits per heavy atom. The fourth-order valence-corrected chi connectivity index (χ4v) is 4.18. The molecule has 1 saturated heterocycles. The molecule has 0 radical (unpaired) electrons. The van der Waals surface area contributed by atoms with Crippen LogP contribution in [0.25, 0.3) is 10.8 Å². The zero-order valence-corrected chi connectivity index (χ0v) is 16.0. The summed E-state index contributed by atoms with van der Waals surface area (Å²) >= 11 is 0. The molecule has 2 aromatic carbocycles. The molecule has 0 spiro atoms. The summed E-state index contributed by atoms with van der Waals surface area (Å²) in [5, 5.41) is 13.1. The summed E-state index contributed by atoms with van der Waals surface area (Å²) < 4.78 is 5.09. The van der Waals surface area contributed by atoms with Crippen LogP contribution in [0.1, 0.15) is 39.6 Å². The third kappa shape index (κ3) is 3.34. The monoisotopic (exact) mass is 377 g/mol. The number of aliphatic hydroxyl groups excluding tert-OH is 1. The minimum Gasteiger partial charge on any atom is -0.427 e. The summed E-state index contributed by atoms with van der Waals surface area (Å²) in [6, 6.07) is 15.8. The Balaban J connectivity index is 1.55. The highest BCUT2D eigenvalue weighted by molar-refractivity contribution is 5.96. The average Bonchev–Trinajstić information content (AvgIpc) is 2.66. The summed E-state index contributed by atoms with van der Waals surface area (Å²) in [5.74, 6) is 0.112. The van der Waals surface area contributed by atoms with Crippen LogP contribution in [0.15, 0.2) is 57.7 Å². The quantitative estimate of drug-likeness (QED) is 0.743. The second kappa shape index (κ2) is 7.24. The van der Waals surface area contributed by atoms with Crippen LogP contribution in [0.4, 0.5) is 0 Å². The Hall–Kier alpha value is -2.92. The van der Waals surface area contributed by atoms with Crippen LogP contribution in [0, 0.1) is 13.8 Å². The lowest BCUT2D eigenvalue weighted by molar-refractivity contribution is 0.0378. The van der Waals surface area contributed by atoms with Gasteiger partial charge in [0.05, 0.1) is 11.7 Å². The maximum absolute atomic E-state index is 13.0. The van der Waals surface area contributed by atoms with Crippen molar-refractivity contribution in [3.63, 3.8) is 0 Å². The highest BCUT2D eigenvalue weighted by Gasteiger charge is 2.33. The van der Waals surface area contributed by atoms with Gasteiger partial charge in [0.15, 0.2) is 0 Å². The van der Waals surface area contributed by atoms with E-state index in [9.17, 15) is 14.7 Å². The van der Waals surface area contributed by atoms with Crippen LogP contribution in [0.5, 0.6) is 0 Å². The highest BCUT2D eigenvalue weighted by Crippen LogP contribution is 2.31. The lowest BCUT2D eigenvalue weighted by Gasteiger charge is -2.36. The normalized spacial score (nSPS) is 19.8. The van der Waals surface area contributed by atoms with Crippen molar-refractivity contribution >= 4 is 16.7 Å². The summed E-state index contributed by atoms with van der Waals surface area (Å²) in [6.07, 6.45) is 0.0373. The molecule has 5 nitrogen and oxygen atoms in total. The van der Waals surface area contributed by atoms with Gasteiger partial charge in [-0.25, -0.2) is 4.79 Å². The molecule has 3 aromatic rings. The molecular formula is C23H23NO4. The molecular weight excluding hydrogens is 354 g/mol. The molecule has 1 aliphatic rings. The fraction of sp³-hybridized carbons (Fsp3) is 0.304. The lowest BCUT2D eigenvalue weighted by atomic mass is 9.86. The largest absolute Gasteiger partial charge is 0.427 e. The molecule has 0 unspecified atom stereocenters. The van der Waals surface area contributed by atoms with Crippen molar-refractivity contribution in [3.05, 3.63) is 81.4 Å². The second-order valence-electron chi connectivity index (χ2n) is 7.50. The van der Waals surface area contributed by atoms with Gasteiger partial charge in [-0.3, -0.25) is 4.79 Å². The Labute approximate surface area is 163 Å². The van der Waals surface area contributed by atoms with Crippen LogP contribution < -0.4 is 5.63 Å². The number of β-amino-alcohol motifs (C(OH)–C–C–N with tert-alkyl or cyclic N) is 1. The first-order valence-corrected chi connectivity index (χ1v) is 9.51. The van der Waals surface area contributed by atoms with Gasteiger partial charge >= 0.3 is 5.63 Å². The van der Waals surface area contributed by atoms with Gasteiger partial charge in [0.2, 0.25) is 0 Å². The number of hydrogen-bond donors (Lipinski definition) is 1. The van der Waals surface area contributed by atoms with Crippen LogP contribution in [0.3, 0.4) is 0 Å². The van der Waals surface area contributed by atoms with Gasteiger partial charge in [-0.2, -0.15) is 0 Å². The molecule has 1 amide bonds. The smallest absolute Gasteiger partial charge is 0.336 e. The minimum absolute atomic E-state index is 0.00967. The van der Waals surface area contributed by atoms with Gasteiger partial charge in [-0.1, -0.05) is 42.5 Å². The van der Waals surface area contributed by atoms with E-state index in [0.29, 0.717) is 29.9 Å². The maximum Gasteiger partial charge on any atom is 0.336 e. The molecule has 0 aliphatic carbocycles. The molecule has 4 rings (SSSR count). The van der Waals surface area contributed by atoms with E-state index in [-0.39, 0.29) is 18.4 Å². The summed E-state index contributed by atoms with van der Waals surface area (Å²) in [7, 11) is 0. The number of hydrogen-bond acceptors (Lipinski definition) is 4. The van der Waals surface area contributed by atoms with Gasteiger partial charge in [0, 0.05) is 25.1 Å². The lowest BCUT2D eigenvalue weighted by Crippen LogP contribution is -2.46. The molecule has 0 saturated carbocycles. The number of benzene rings is 2. The minimum atomic E-state index is -0.643. The van der Waals surface area contributed by atoms with Crippen LogP contribution in [-0.2, 0) is 0 Å². The van der Waals surface area contributed by atoms with E-state index in [1.165, 1.54) is 11.5 Å². The van der Waals surface area contributed by atoms with Crippen molar-refractivity contribution < 1.29 is 14.3 Å². The van der Waals surface area contributed by atoms with Crippen LogP contribution in [0.2, 0.25) is 0 Å². The Kier molecular flexibility index (Phi) is 4.77. The molecule has 2 heterocycles. The first kappa shape index (κ1) is 18.4. The van der Waals surface area contributed by atoms with E-state index in [0.717, 1.165) is 10.9 Å². The van der Waals surface area contributed by atoms with Crippen molar-refractivity contribution in [3.8, 4) is 0 Å². The van der Waals surface area contributed by atoms with E-state index in [1.807, 2.05) is 12.1 Å². The van der Waals surface area contributed by atoms with E-state index in [4.69, 9.17) is 4.42 Å². The van der Waals surface area contributed by atoms with E-state index in [1.54, 1.807) is 18.7 Å². The van der Waals surface area contributed by atoms with Crippen molar-refractivity contribution in [2.45, 2.75) is 32.3 Å². The maximum atomic E-state index is 13.0. The van der Waals surface area contributed by atoms with Crippen LogP contribution >= 0.6 is 0 Å². The van der Waals surface area contributed by atoms with Gasteiger partial charge in [-0.05, 0) is 42.2 Å². The molecule has 1 N–H and O–H groups in total. The average molecular weight is 377 g/mol. The number of nitrogens with zero attached hydrogens (tertiary/aromatic N) is 1. The molecule has 28 heavy (non-hydrogen) atoms. The summed E-state index contributed by atoms with van der Waals surface area (Å²) in [4.78, 5) is 26.1. The Morgan fingerprint density at radius 1 is 1.11 bits per heavy atom. The predicted octanol–water partition coefficient (Wildman–Crippen LogP) is 3.40. The second-order valence-corrected chi connectivity index (χ2v) is 7.50. The topological polar surface area (TPSA) is 70.8 Å². The van der Waals surface area contributed by atoms with Gasteiger partial charge < -0.3 is 14.4 Å². The highest BCUT2D eigenvalue weighted by atomic mass is 16.4. The Bertz CT molecular complexity index is 1070. The number of likely N-dealkylation sites (tertiary alicyclic amines) is 1. The number of fused-ring (bicyclic) bond motifs is 1. The van der Waals surface area contributed by atoms with E-state index < -0.39 is 11.7 Å². The molecule has 0 bridgehead atoms. The number of aryl methyl sites for hydroxylation is 2. The number of rotatable bonds is 2. The van der Waals surface area contributed by atoms with Crippen molar-refractivity contribution in [1.29, 1.82) is 0 Å². The zero-order valence-electron chi connectivity index (χ0n) is 16.0. The molecule has 2 atom stereocenters. The number of amides is 1.